The van der Waals surface area contributed by atoms with E-state index in [1.165, 1.54) is 0 Å². The van der Waals surface area contributed by atoms with Gasteiger partial charge in [-0.3, -0.25) is 4.79 Å². The van der Waals surface area contributed by atoms with E-state index in [0.29, 0.717) is 25.2 Å². The molecule has 106 valence electrons. The van der Waals surface area contributed by atoms with Gasteiger partial charge in [-0.1, -0.05) is 13.0 Å². The van der Waals surface area contributed by atoms with Crippen LogP contribution in [0.2, 0.25) is 0 Å². The first-order valence-corrected chi connectivity index (χ1v) is 6.84. The first-order valence-electron chi connectivity index (χ1n) is 6.84. The lowest BCUT2D eigenvalue weighted by atomic mass is 10.3. The molecule has 19 heavy (non-hydrogen) atoms. The second-order valence-electron chi connectivity index (χ2n) is 4.30. The van der Waals surface area contributed by atoms with Crippen LogP contribution in [0.15, 0.2) is 18.2 Å². The maximum Gasteiger partial charge on any atom is 0.272 e. The minimum absolute atomic E-state index is 0.0869. The van der Waals surface area contributed by atoms with E-state index in [0.717, 1.165) is 18.8 Å². The molecule has 0 saturated heterocycles. The standard InChI is InChI=1S/C14H23N3O2/c1-3-9-15-13-8-5-7-12(16-13)14(19)17(4-2)10-6-11-18/h5,7-8,18H,3-4,6,9-11H2,1-2H3,(H,15,16). The van der Waals surface area contributed by atoms with Gasteiger partial charge in [0.05, 0.1) is 0 Å². The highest BCUT2D eigenvalue weighted by atomic mass is 16.3. The smallest absolute Gasteiger partial charge is 0.272 e. The van der Waals surface area contributed by atoms with Gasteiger partial charge in [0.1, 0.15) is 11.5 Å². The third-order valence-electron chi connectivity index (χ3n) is 2.78. The minimum atomic E-state index is -0.0869. The van der Waals surface area contributed by atoms with E-state index < -0.39 is 0 Å². The Morgan fingerprint density at radius 3 is 2.84 bits per heavy atom. The maximum absolute atomic E-state index is 12.3. The van der Waals surface area contributed by atoms with Gasteiger partial charge in [0.15, 0.2) is 0 Å². The largest absolute Gasteiger partial charge is 0.396 e. The van der Waals surface area contributed by atoms with E-state index >= 15 is 0 Å². The number of rotatable bonds is 8. The van der Waals surface area contributed by atoms with E-state index in [1.807, 2.05) is 19.1 Å². The molecule has 0 unspecified atom stereocenters. The van der Waals surface area contributed by atoms with Crippen LogP contribution >= 0.6 is 0 Å². The second kappa shape index (κ2) is 8.48. The van der Waals surface area contributed by atoms with Gasteiger partial charge in [-0.2, -0.15) is 0 Å². The van der Waals surface area contributed by atoms with Crippen molar-refractivity contribution in [1.29, 1.82) is 0 Å². The normalized spacial score (nSPS) is 10.3. The molecule has 0 aliphatic rings. The summed E-state index contributed by atoms with van der Waals surface area (Å²) in [5.74, 6) is 0.641. The Hall–Kier alpha value is -1.62. The van der Waals surface area contributed by atoms with Crippen molar-refractivity contribution in [1.82, 2.24) is 9.88 Å². The van der Waals surface area contributed by atoms with Crippen molar-refractivity contribution in [2.24, 2.45) is 0 Å². The number of pyridine rings is 1. The van der Waals surface area contributed by atoms with Gasteiger partial charge in [0.2, 0.25) is 0 Å². The molecule has 0 aliphatic carbocycles. The Balaban J connectivity index is 2.74. The van der Waals surface area contributed by atoms with Gasteiger partial charge in [0.25, 0.3) is 5.91 Å². The highest BCUT2D eigenvalue weighted by Gasteiger charge is 2.15. The van der Waals surface area contributed by atoms with E-state index in [1.54, 1.807) is 11.0 Å². The Morgan fingerprint density at radius 1 is 1.42 bits per heavy atom. The maximum atomic E-state index is 12.3. The number of hydrogen-bond donors (Lipinski definition) is 2. The summed E-state index contributed by atoms with van der Waals surface area (Å²) in [7, 11) is 0. The number of aromatic nitrogens is 1. The third-order valence-corrected chi connectivity index (χ3v) is 2.78. The van der Waals surface area contributed by atoms with Crippen molar-refractivity contribution in [3.63, 3.8) is 0 Å². The molecule has 0 radical (unpaired) electrons. The quantitative estimate of drug-likeness (QED) is 0.751. The molecule has 0 aromatic carbocycles. The first kappa shape index (κ1) is 15.4. The molecule has 1 rings (SSSR count). The Morgan fingerprint density at radius 2 is 2.21 bits per heavy atom. The summed E-state index contributed by atoms with van der Waals surface area (Å²) in [5, 5.41) is 12.0. The fraction of sp³-hybridized carbons (Fsp3) is 0.571. The molecule has 2 N–H and O–H groups in total. The van der Waals surface area contributed by atoms with Crippen LogP contribution in [0, 0.1) is 0 Å². The predicted octanol–water partition coefficient (Wildman–Crippen LogP) is 1.75. The van der Waals surface area contributed by atoms with E-state index in [2.05, 4.69) is 17.2 Å². The molecule has 5 nitrogen and oxygen atoms in total. The summed E-state index contributed by atoms with van der Waals surface area (Å²) in [5.41, 5.74) is 0.445. The highest BCUT2D eigenvalue weighted by molar-refractivity contribution is 5.92. The van der Waals surface area contributed by atoms with Crippen molar-refractivity contribution in [2.45, 2.75) is 26.7 Å². The van der Waals surface area contributed by atoms with Gasteiger partial charge in [-0.15, -0.1) is 0 Å². The van der Waals surface area contributed by atoms with E-state index in [4.69, 9.17) is 5.11 Å². The Labute approximate surface area is 114 Å². The van der Waals surface area contributed by atoms with Gasteiger partial charge >= 0.3 is 0 Å². The summed E-state index contributed by atoms with van der Waals surface area (Å²) >= 11 is 0. The van der Waals surface area contributed by atoms with Crippen LogP contribution in [-0.4, -0.2) is 47.1 Å². The van der Waals surface area contributed by atoms with Crippen molar-refractivity contribution < 1.29 is 9.90 Å². The van der Waals surface area contributed by atoms with Crippen molar-refractivity contribution >= 4 is 11.7 Å². The molecule has 0 aliphatic heterocycles. The average molecular weight is 265 g/mol. The summed E-state index contributed by atoms with van der Waals surface area (Å²) in [6.45, 7) is 6.11. The van der Waals surface area contributed by atoms with Crippen molar-refractivity contribution in [2.75, 3.05) is 31.6 Å². The van der Waals surface area contributed by atoms with Crippen LogP contribution < -0.4 is 5.32 Å². The number of aliphatic hydroxyl groups excluding tert-OH is 1. The number of anilines is 1. The summed E-state index contributed by atoms with van der Waals surface area (Å²) in [6, 6.07) is 5.41. The van der Waals surface area contributed by atoms with Crippen LogP contribution in [0.3, 0.4) is 0 Å². The lowest BCUT2D eigenvalue weighted by Gasteiger charge is -2.20. The zero-order valence-corrected chi connectivity index (χ0v) is 11.7. The van der Waals surface area contributed by atoms with Crippen molar-refractivity contribution in [3.05, 3.63) is 23.9 Å². The van der Waals surface area contributed by atoms with Crippen LogP contribution in [0.1, 0.15) is 37.2 Å². The number of nitrogens with one attached hydrogen (secondary N) is 1. The predicted molar refractivity (Wildman–Crippen MR) is 76.3 cm³/mol. The molecule has 0 atom stereocenters. The zero-order chi connectivity index (χ0) is 14.1. The number of carbonyl (C=O) groups excluding carboxylic acids is 1. The number of aliphatic hydroxyl groups is 1. The van der Waals surface area contributed by atoms with Gasteiger partial charge in [-0.25, -0.2) is 4.98 Å². The lowest BCUT2D eigenvalue weighted by molar-refractivity contribution is 0.0748. The molecule has 5 heteroatoms. The average Bonchev–Trinajstić information content (AvgIpc) is 2.46. The molecule has 1 aromatic rings. The van der Waals surface area contributed by atoms with Crippen molar-refractivity contribution in [3.8, 4) is 0 Å². The summed E-state index contributed by atoms with van der Waals surface area (Å²) in [4.78, 5) is 18.3. The highest BCUT2D eigenvalue weighted by Crippen LogP contribution is 2.08. The number of carbonyl (C=O) groups is 1. The van der Waals surface area contributed by atoms with Crippen LogP contribution in [0.25, 0.3) is 0 Å². The van der Waals surface area contributed by atoms with Crippen LogP contribution in [0.4, 0.5) is 5.82 Å². The van der Waals surface area contributed by atoms with E-state index in [-0.39, 0.29) is 12.5 Å². The Kier molecular flexibility index (Phi) is 6.89. The molecule has 1 amide bonds. The molecule has 1 heterocycles. The van der Waals surface area contributed by atoms with Gasteiger partial charge in [-0.05, 0) is 31.9 Å². The van der Waals surface area contributed by atoms with E-state index in [9.17, 15) is 4.79 Å². The molecule has 0 bridgehead atoms. The molecular formula is C14H23N3O2. The number of nitrogens with zero attached hydrogens (tertiary/aromatic N) is 2. The fourth-order valence-electron chi connectivity index (χ4n) is 1.73. The lowest BCUT2D eigenvalue weighted by Crippen LogP contribution is -2.32. The third kappa shape index (κ3) is 4.87. The first-order chi connectivity index (χ1) is 9.22. The minimum Gasteiger partial charge on any atom is -0.396 e. The molecule has 1 aromatic heterocycles. The zero-order valence-electron chi connectivity index (χ0n) is 11.7. The summed E-state index contributed by atoms with van der Waals surface area (Å²) in [6.07, 6.45) is 1.60. The van der Waals surface area contributed by atoms with Crippen LogP contribution in [0.5, 0.6) is 0 Å². The molecule has 0 spiro atoms. The van der Waals surface area contributed by atoms with Gasteiger partial charge < -0.3 is 15.3 Å². The molecule has 0 saturated carbocycles. The molecular weight excluding hydrogens is 242 g/mol. The van der Waals surface area contributed by atoms with Crippen LogP contribution in [-0.2, 0) is 0 Å². The summed E-state index contributed by atoms with van der Waals surface area (Å²) < 4.78 is 0. The Bertz CT molecular complexity index is 396. The monoisotopic (exact) mass is 265 g/mol. The SMILES string of the molecule is CCCNc1cccc(C(=O)N(CC)CCCO)n1. The number of hydrogen-bond acceptors (Lipinski definition) is 4. The fourth-order valence-corrected chi connectivity index (χ4v) is 1.73. The topological polar surface area (TPSA) is 65.5 Å². The number of amides is 1. The molecule has 0 fully saturated rings. The van der Waals surface area contributed by atoms with Gasteiger partial charge in [0, 0.05) is 26.2 Å². The second-order valence-corrected chi connectivity index (χ2v) is 4.30.